The fourth-order valence-electron chi connectivity index (χ4n) is 2.28. The summed E-state index contributed by atoms with van der Waals surface area (Å²) in [6, 6.07) is 6.92. The number of ether oxygens (including phenoxy) is 1. The lowest BCUT2D eigenvalue weighted by molar-refractivity contribution is -0.132. The minimum atomic E-state index is -0.0363. The molecule has 2 rings (SSSR count). The zero-order valence-electron chi connectivity index (χ0n) is 12.0. The summed E-state index contributed by atoms with van der Waals surface area (Å²) in [4.78, 5) is 24.7. The van der Waals surface area contributed by atoms with Crippen molar-refractivity contribution in [2.45, 2.75) is 13.3 Å². The third-order valence-corrected chi connectivity index (χ3v) is 3.71. The fourth-order valence-corrected chi connectivity index (χ4v) is 2.41. The number of likely N-dealkylation sites (tertiary alicyclic amines) is 1. The number of halogens is 1. The van der Waals surface area contributed by atoms with Crippen molar-refractivity contribution < 1.29 is 14.3 Å². The Balaban J connectivity index is 1.74. The van der Waals surface area contributed by atoms with E-state index in [1.807, 2.05) is 0 Å². The van der Waals surface area contributed by atoms with E-state index in [-0.39, 0.29) is 18.4 Å². The van der Waals surface area contributed by atoms with Gasteiger partial charge in [0.05, 0.1) is 0 Å². The second kappa shape index (κ2) is 7.31. The van der Waals surface area contributed by atoms with Gasteiger partial charge in [0.15, 0.2) is 6.61 Å². The number of benzene rings is 1. The first-order valence-corrected chi connectivity index (χ1v) is 7.33. The number of carbonyl (C=O) groups is 2. The van der Waals surface area contributed by atoms with Gasteiger partial charge in [-0.2, -0.15) is 0 Å². The van der Waals surface area contributed by atoms with Crippen molar-refractivity contribution in [1.29, 1.82) is 0 Å². The number of hydrogen-bond donors (Lipinski definition) is 1. The average Bonchev–Trinajstić information content (AvgIpc) is 2.93. The van der Waals surface area contributed by atoms with E-state index in [2.05, 4.69) is 5.32 Å². The first kappa shape index (κ1) is 15.6. The van der Waals surface area contributed by atoms with E-state index in [9.17, 15) is 9.59 Å². The van der Waals surface area contributed by atoms with Crippen LogP contribution in [-0.2, 0) is 9.59 Å². The van der Waals surface area contributed by atoms with Gasteiger partial charge in [0.25, 0.3) is 5.91 Å². The highest BCUT2D eigenvalue weighted by molar-refractivity contribution is 6.30. The van der Waals surface area contributed by atoms with Gasteiger partial charge in [-0.05, 0) is 36.6 Å². The molecule has 0 aromatic heterocycles. The molecule has 0 bridgehead atoms. The van der Waals surface area contributed by atoms with Gasteiger partial charge in [-0.25, -0.2) is 0 Å². The first-order valence-electron chi connectivity index (χ1n) is 6.95. The van der Waals surface area contributed by atoms with Gasteiger partial charge in [0.2, 0.25) is 5.91 Å². The van der Waals surface area contributed by atoms with Gasteiger partial charge in [-0.1, -0.05) is 11.6 Å². The second-order valence-corrected chi connectivity index (χ2v) is 5.61. The zero-order chi connectivity index (χ0) is 15.2. The topological polar surface area (TPSA) is 58.6 Å². The smallest absolute Gasteiger partial charge is 0.260 e. The molecular formula is C15H19ClN2O3. The highest BCUT2D eigenvalue weighted by Crippen LogP contribution is 2.17. The molecule has 0 aliphatic carbocycles. The van der Waals surface area contributed by atoms with Crippen LogP contribution in [0.3, 0.4) is 0 Å². The second-order valence-electron chi connectivity index (χ2n) is 5.17. The molecule has 1 N–H and O–H groups in total. The Morgan fingerprint density at radius 3 is 2.76 bits per heavy atom. The molecule has 21 heavy (non-hydrogen) atoms. The van der Waals surface area contributed by atoms with Gasteiger partial charge in [0.1, 0.15) is 5.75 Å². The van der Waals surface area contributed by atoms with Crippen LogP contribution < -0.4 is 10.1 Å². The van der Waals surface area contributed by atoms with Crippen LogP contribution in [0.2, 0.25) is 5.02 Å². The van der Waals surface area contributed by atoms with E-state index in [0.29, 0.717) is 36.3 Å². The summed E-state index contributed by atoms with van der Waals surface area (Å²) < 4.78 is 5.45. The summed E-state index contributed by atoms with van der Waals surface area (Å²) in [6.07, 6.45) is 0.910. The van der Waals surface area contributed by atoms with Gasteiger partial charge in [0, 0.05) is 31.6 Å². The van der Waals surface area contributed by atoms with Gasteiger partial charge >= 0.3 is 0 Å². The lowest BCUT2D eigenvalue weighted by atomic mass is 10.1. The molecule has 2 amide bonds. The summed E-state index contributed by atoms with van der Waals surface area (Å²) in [5, 5.41) is 3.42. The minimum Gasteiger partial charge on any atom is -0.484 e. The van der Waals surface area contributed by atoms with Crippen LogP contribution in [0.1, 0.15) is 13.3 Å². The predicted molar refractivity (Wildman–Crippen MR) is 80.3 cm³/mol. The maximum atomic E-state index is 12.1. The lowest BCUT2D eigenvalue weighted by Crippen LogP contribution is -2.34. The van der Waals surface area contributed by atoms with E-state index >= 15 is 0 Å². The molecule has 0 saturated carbocycles. The first-order chi connectivity index (χ1) is 10.0. The van der Waals surface area contributed by atoms with Crippen molar-refractivity contribution in [3.8, 4) is 5.75 Å². The largest absolute Gasteiger partial charge is 0.484 e. The van der Waals surface area contributed by atoms with Gasteiger partial charge < -0.3 is 15.0 Å². The molecule has 0 radical (unpaired) electrons. The number of nitrogens with zero attached hydrogens (tertiary/aromatic N) is 1. The molecule has 1 aromatic rings. The summed E-state index contributed by atoms with van der Waals surface area (Å²) in [5.74, 6) is 0.885. The van der Waals surface area contributed by atoms with Gasteiger partial charge in [-0.3, -0.25) is 9.59 Å². The molecule has 1 fully saturated rings. The molecule has 1 saturated heterocycles. The highest BCUT2D eigenvalue weighted by Gasteiger charge is 2.26. The van der Waals surface area contributed by atoms with E-state index in [1.54, 1.807) is 29.2 Å². The zero-order valence-corrected chi connectivity index (χ0v) is 12.7. The van der Waals surface area contributed by atoms with Crippen molar-refractivity contribution in [3.63, 3.8) is 0 Å². The number of carbonyl (C=O) groups excluding carboxylic acids is 2. The molecule has 1 aromatic carbocycles. The van der Waals surface area contributed by atoms with Crippen molar-refractivity contribution in [3.05, 3.63) is 29.3 Å². The molecule has 1 aliphatic heterocycles. The Morgan fingerprint density at radius 2 is 2.10 bits per heavy atom. The molecule has 1 unspecified atom stereocenters. The number of amides is 2. The van der Waals surface area contributed by atoms with Crippen LogP contribution in [0, 0.1) is 5.92 Å². The summed E-state index contributed by atoms with van der Waals surface area (Å²) in [7, 11) is 0. The SMILES string of the molecule is CC(=O)NCC1CCN(C(=O)COc2ccc(Cl)cc2)C1. The quantitative estimate of drug-likeness (QED) is 0.900. The standard InChI is InChI=1S/C15H19ClN2O3/c1-11(19)17-8-12-6-7-18(9-12)15(20)10-21-14-4-2-13(16)3-5-14/h2-5,12H,6-10H2,1H3,(H,17,19). The van der Waals surface area contributed by atoms with Gasteiger partial charge in [-0.15, -0.1) is 0 Å². The fraction of sp³-hybridized carbons (Fsp3) is 0.467. The van der Waals surface area contributed by atoms with E-state index in [4.69, 9.17) is 16.3 Å². The number of rotatable bonds is 5. The Morgan fingerprint density at radius 1 is 1.38 bits per heavy atom. The summed E-state index contributed by atoms with van der Waals surface area (Å²) in [6.45, 7) is 3.53. The Hall–Kier alpha value is -1.75. The van der Waals surface area contributed by atoms with Crippen molar-refractivity contribution in [2.75, 3.05) is 26.2 Å². The van der Waals surface area contributed by atoms with E-state index in [0.717, 1.165) is 6.42 Å². The van der Waals surface area contributed by atoms with Crippen molar-refractivity contribution >= 4 is 23.4 Å². The Kier molecular flexibility index (Phi) is 5.44. The Labute approximate surface area is 129 Å². The molecular weight excluding hydrogens is 292 g/mol. The molecule has 114 valence electrons. The summed E-state index contributed by atoms with van der Waals surface area (Å²) in [5.41, 5.74) is 0. The van der Waals surface area contributed by atoms with Crippen LogP contribution in [0.5, 0.6) is 5.75 Å². The molecule has 0 spiro atoms. The van der Waals surface area contributed by atoms with Crippen LogP contribution in [-0.4, -0.2) is 43.0 Å². The predicted octanol–water partition coefficient (Wildman–Crippen LogP) is 1.70. The monoisotopic (exact) mass is 310 g/mol. The molecule has 1 atom stereocenters. The lowest BCUT2D eigenvalue weighted by Gasteiger charge is -2.17. The molecule has 5 nitrogen and oxygen atoms in total. The van der Waals surface area contributed by atoms with Crippen LogP contribution in [0.15, 0.2) is 24.3 Å². The normalized spacial score (nSPS) is 17.6. The van der Waals surface area contributed by atoms with Crippen molar-refractivity contribution in [1.82, 2.24) is 10.2 Å². The van der Waals surface area contributed by atoms with Crippen LogP contribution in [0.25, 0.3) is 0 Å². The molecule has 6 heteroatoms. The Bertz CT molecular complexity index is 504. The third kappa shape index (κ3) is 4.93. The summed E-state index contributed by atoms with van der Waals surface area (Å²) >= 11 is 5.79. The minimum absolute atomic E-state index is 0.0223. The third-order valence-electron chi connectivity index (χ3n) is 3.45. The van der Waals surface area contributed by atoms with Crippen LogP contribution >= 0.6 is 11.6 Å². The molecule has 1 aliphatic rings. The van der Waals surface area contributed by atoms with E-state index < -0.39 is 0 Å². The average molecular weight is 311 g/mol. The number of nitrogens with one attached hydrogen (secondary N) is 1. The van der Waals surface area contributed by atoms with Crippen LogP contribution in [0.4, 0.5) is 0 Å². The highest BCUT2D eigenvalue weighted by atomic mass is 35.5. The van der Waals surface area contributed by atoms with Crippen molar-refractivity contribution in [2.24, 2.45) is 5.92 Å². The molecule has 1 heterocycles. The maximum Gasteiger partial charge on any atom is 0.260 e. The maximum absolute atomic E-state index is 12.1. The number of hydrogen-bond acceptors (Lipinski definition) is 3. The van der Waals surface area contributed by atoms with E-state index in [1.165, 1.54) is 6.92 Å².